The topological polar surface area (TPSA) is 85.2 Å². The Labute approximate surface area is 130 Å². The minimum absolute atomic E-state index is 0.388. The first-order chi connectivity index (χ1) is 11.1. The van der Waals surface area contributed by atoms with E-state index in [1.54, 1.807) is 16.9 Å². The number of pyridine rings is 1. The fourth-order valence-electron chi connectivity index (χ4n) is 2.52. The van der Waals surface area contributed by atoms with Crippen LogP contribution in [0.5, 0.6) is 0 Å². The van der Waals surface area contributed by atoms with Crippen molar-refractivity contribution in [2.75, 3.05) is 0 Å². The Morgan fingerprint density at radius 2 is 2.00 bits per heavy atom. The second kappa shape index (κ2) is 4.94. The van der Waals surface area contributed by atoms with Crippen LogP contribution in [-0.2, 0) is 7.05 Å². The highest BCUT2D eigenvalue weighted by atomic mass is 19.1. The molecule has 0 saturated heterocycles. The van der Waals surface area contributed by atoms with Gasteiger partial charge in [0.2, 0.25) is 0 Å². The molecular formula is C15H12FN7. The van der Waals surface area contributed by atoms with Gasteiger partial charge < -0.3 is 0 Å². The van der Waals surface area contributed by atoms with Gasteiger partial charge in [-0.1, -0.05) is 0 Å². The Hall–Kier alpha value is -3.16. The summed E-state index contributed by atoms with van der Waals surface area (Å²) in [6.45, 7) is 1.82. The highest BCUT2D eigenvalue weighted by Crippen LogP contribution is 2.32. The minimum Gasteiger partial charge on any atom is -0.274 e. The molecule has 114 valence electrons. The first-order valence-corrected chi connectivity index (χ1v) is 6.95. The van der Waals surface area contributed by atoms with Gasteiger partial charge in [0.05, 0.1) is 29.2 Å². The predicted octanol–water partition coefficient (Wildman–Crippen LogP) is 2.26. The first-order valence-electron chi connectivity index (χ1n) is 6.95. The summed E-state index contributed by atoms with van der Waals surface area (Å²) in [4.78, 5) is 13.0. The second-order valence-electron chi connectivity index (χ2n) is 5.18. The second-order valence-corrected chi connectivity index (χ2v) is 5.18. The van der Waals surface area contributed by atoms with Gasteiger partial charge in [0, 0.05) is 18.8 Å². The largest absolute Gasteiger partial charge is 0.274 e. The molecule has 0 aliphatic heterocycles. The van der Waals surface area contributed by atoms with Crippen LogP contribution in [0.25, 0.3) is 33.7 Å². The maximum atomic E-state index is 13.1. The summed E-state index contributed by atoms with van der Waals surface area (Å²) in [6.07, 6.45) is 4.71. The fourth-order valence-corrected chi connectivity index (χ4v) is 2.52. The van der Waals surface area contributed by atoms with E-state index in [1.165, 1.54) is 12.3 Å². The van der Waals surface area contributed by atoms with Crippen LogP contribution in [0, 0.1) is 12.7 Å². The van der Waals surface area contributed by atoms with Crippen molar-refractivity contribution < 1.29 is 4.39 Å². The van der Waals surface area contributed by atoms with Crippen LogP contribution in [0.4, 0.5) is 4.39 Å². The number of fused-ring (bicyclic) bond motifs is 1. The summed E-state index contributed by atoms with van der Waals surface area (Å²) in [5.74, 6) is 0.236. The summed E-state index contributed by atoms with van der Waals surface area (Å²) < 4.78 is 14.8. The number of rotatable bonds is 2. The zero-order valence-corrected chi connectivity index (χ0v) is 12.4. The Bertz CT molecular complexity index is 1000. The zero-order chi connectivity index (χ0) is 16.0. The highest BCUT2D eigenvalue weighted by molar-refractivity contribution is 5.93. The van der Waals surface area contributed by atoms with Crippen LogP contribution in [0.3, 0.4) is 0 Å². The third-order valence-electron chi connectivity index (χ3n) is 3.48. The molecule has 0 aromatic carbocycles. The highest BCUT2D eigenvalue weighted by Gasteiger charge is 2.18. The molecule has 23 heavy (non-hydrogen) atoms. The average Bonchev–Trinajstić information content (AvgIpc) is 3.13. The molecule has 0 aliphatic rings. The van der Waals surface area contributed by atoms with Crippen LogP contribution in [0.1, 0.15) is 5.82 Å². The van der Waals surface area contributed by atoms with Gasteiger partial charge in [-0.2, -0.15) is 10.2 Å². The minimum atomic E-state index is -0.388. The normalized spacial score (nSPS) is 11.3. The lowest BCUT2D eigenvalue weighted by molar-refractivity contribution is 0.621. The van der Waals surface area contributed by atoms with Crippen molar-refractivity contribution in [2.45, 2.75) is 6.92 Å². The smallest absolute Gasteiger partial charge is 0.159 e. The number of H-pyrrole nitrogens is 1. The quantitative estimate of drug-likeness (QED) is 0.614. The van der Waals surface area contributed by atoms with Crippen LogP contribution in [0.15, 0.2) is 30.7 Å². The van der Waals surface area contributed by atoms with E-state index in [4.69, 9.17) is 0 Å². The van der Waals surface area contributed by atoms with Gasteiger partial charge in [0.1, 0.15) is 17.3 Å². The summed E-state index contributed by atoms with van der Waals surface area (Å²) in [7, 11) is 1.82. The number of hydrogen-bond acceptors (Lipinski definition) is 5. The van der Waals surface area contributed by atoms with Crippen LogP contribution in [0.2, 0.25) is 0 Å². The molecule has 0 fully saturated rings. The standard InChI is InChI=1S/C15H12FN7/c1-8-19-13(10-6-18-21-15(10)20-8)11-7-23(2)22-14(11)12-4-3-9(16)5-17-12/h3-7H,1-2H3,(H,18,19,20,21). The average molecular weight is 309 g/mol. The third-order valence-corrected chi connectivity index (χ3v) is 3.48. The van der Waals surface area contributed by atoms with Crippen molar-refractivity contribution in [3.8, 4) is 22.6 Å². The molecule has 8 heteroatoms. The Morgan fingerprint density at radius 3 is 2.78 bits per heavy atom. The first kappa shape index (κ1) is 13.5. The van der Waals surface area contributed by atoms with Gasteiger partial charge in [0.15, 0.2) is 5.65 Å². The van der Waals surface area contributed by atoms with Crippen LogP contribution in [-0.4, -0.2) is 34.9 Å². The Balaban J connectivity index is 1.98. The predicted molar refractivity (Wildman–Crippen MR) is 81.8 cm³/mol. The van der Waals surface area contributed by atoms with Gasteiger partial charge in [-0.3, -0.25) is 14.8 Å². The van der Waals surface area contributed by atoms with Gasteiger partial charge in [-0.15, -0.1) is 0 Å². The number of nitrogens with one attached hydrogen (secondary N) is 1. The molecule has 0 saturated carbocycles. The van der Waals surface area contributed by atoms with Gasteiger partial charge >= 0.3 is 0 Å². The molecule has 4 aromatic rings. The van der Waals surface area contributed by atoms with E-state index in [0.29, 0.717) is 22.9 Å². The molecule has 0 amide bonds. The lowest BCUT2D eigenvalue weighted by Crippen LogP contribution is -1.94. The van der Waals surface area contributed by atoms with Crippen molar-refractivity contribution in [3.05, 3.63) is 42.4 Å². The number of aromatic amines is 1. The van der Waals surface area contributed by atoms with E-state index >= 15 is 0 Å². The van der Waals surface area contributed by atoms with E-state index in [9.17, 15) is 4.39 Å². The van der Waals surface area contributed by atoms with Gasteiger partial charge in [0.25, 0.3) is 0 Å². The molecule has 0 unspecified atom stereocenters. The fraction of sp³-hybridized carbons (Fsp3) is 0.133. The maximum absolute atomic E-state index is 13.1. The maximum Gasteiger partial charge on any atom is 0.159 e. The molecule has 0 spiro atoms. The lowest BCUT2D eigenvalue weighted by Gasteiger charge is -2.04. The number of aromatic nitrogens is 7. The van der Waals surface area contributed by atoms with E-state index in [1.807, 2.05) is 20.2 Å². The summed E-state index contributed by atoms with van der Waals surface area (Å²) in [5.41, 5.74) is 3.39. The summed E-state index contributed by atoms with van der Waals surface area (Å²) >= 11 is 0. The monoisotopic (exact) mass is 309 g/mol. The molecule has 4 rings (SSSR count). The molecule has 1 N–H and O–H groups in total. The van der Waals surface area contributed by atoms with Crippen molar-refractivity contribution in [1.82, 2.24) is 34.9 Å². The van der Waals surface area contributed by atoms with E-state index in [0.717, 1.165) is 16.6 Å². The molecule has 4 aromatic heterocycles. The van der Waals surface area contributed by atoms with Crippen molar-refractivity contribution >= 4 is 11.0 Å². The number of aryl methyl sites for hydroxylation is 2. The number of hydrogen-bond donors (Lipinski definition) is 1. The number of halogens is 1. The molecule has 0 atom stereocenters. The lowest BCUT2D eigenvalue weighted by atomic mass is 10.1. The third kappa shape index (κ3) is 2.24. The van der Waals surface area contributed by atoms with E-state index in [2.05, 4.69) is 30.2 Å². The van der Waals surface area contributed by atoms with E-state index < -0.39 is 0 Å². The van der Waals surface area contributed by atoms with Crippen molar-refractivity contribution in [2.24, 2.45) is 7.05 Å². The molecule has 0 radical (unpaired) electrons. The molecule has 0 bridgehead atoms. The SMILES string of the molecule is Cc1nc(-c2cn(C)nc2-c2ccc(F)cn2)c2cn[nH]c2n1. The van der Waals surface area contributed by atoms with Gasteiger partial charge in [-0.05, 0) is 19.1 Å². The van der Waals surface area contributed by atoms with E-state index in [-0.39, 0.29) is 5.82 Å². The Morgan fingerprint density at radius 1 is 1.13 bits per heavy atom. The van der Waals surface area contributed by atoms with Gasteiger partial charge in [-0.25, -0.2) is 14.4 Å². The molecule has 7 nitrogen and oxygen atoms in total. The van der Waals surface area contributed by atoms with Crippen LogP contribution >= 0.6 is 0 Å². The van der Waals surface area contributed by atoms with Crippen molar-refractivity contribution in [3.63, 3.8) is 0 Å². The molecular weight excluding hydrogens is 297 g/mol. The zero-order valence-electron chi connectivity index (χ0n) is 12.4. The molecule has 4 heterocycles. The number of nitrogens with zero attached hydrogens (tertiary/aromatic N) is 6. The molecule has 0 aliphatic carbocycles. The summed E-state index contributed by atoms with van der Waals surface area (Å²) in [5, 5.41) is 12.1. The van der Waals surface area contributed by atoms with Crippen molar-refractivity contribution in [1.29, 1.82) is 0 Å². The van der Waals surface area contributed by atoms with Crippen LogP contribution < -0.4 is 0 Å². The Kier molecular flexibility index (Phi) is 2.90. The summed E-state index contributed by atoms with van der Waals surface area (Å²) in [6, 6.07) is 2.96.